The van der Waals surface area contributed by atoms with Crippen LogP contribution in [0.4, 0.5) is 24.1 Å². The van der Waals surface area contributed by atoms with Gasteiger partial charge in [0.05, 0.1) is 17.6 Å². The molecule has 11 nitrogen and oxygen atoms in total. The van der Waals surface area contributed by atoms with Crippen molar-refractivity contribution in [2.75, 3.05) is 21.0 Å². The summed E-state index contributed by atoms with van der Waals surface area (Å²) in [6.07, 6.45) is -0.233. The average molecular weight is 477 g/mol. The summed E-state index contributed by atoms with van der Waals surface area (Å²) in [4.78, 5) is 50.2. The number of amides is 3. The summed E-state index contributed by atoms with van der Waals surface area (Å²) < 4.78 is 42.4. The van der Waals surface area contributed by atoms with Gasteiger partial charge in [0.1, 0.15) is 18.5 Å². The minimum atomic E-state index is -1.55. The van der Waals surface area contributed by atoms with E-state index in [2.05, 4.69) is 0 Å². The van der Waals surface area contributed by atoms with Crippen LogP contribution in [-0.2, 0) is 14.3 Å². The van der Waals surface area contributed by atoms with Crippen LogP contribution >= 0.6 is 0 Å². The molecule has 34 heavy (non-hydrogen) atoms. The number of carbonyl (C=O) groups is 3. The van der Waals surface area contributed by atoms with E-state index in [9.17, 15) is 33.3 Å². The largest absolute Gasteiger partial charge is 0.466 e. The maximum Gasteiger partial charge on any atom is 0.424 e. The molecular formula is C21H17F2N3O8. The standard InChI is InChI=1S/C21H17F2N3O8/c1-32-11-24-10-15(19(27)33-2)18(12-3-8-16(22)17(23)9-12)25(20(24)28)21(29)34-14-6-4-13(5-7-14)26(30)31/h3-10,18H,11H2,1-2H3. The quantitative estimate of drug-likeness (QED) is 0.351. The molecule has 178 valence electrons. The van der Waals surface area contributed by atoms with Gasteiger partial charge >= 0.3 is 18.1 Å². The molecule has 3 amide bonds. The molecule has 0 radical (unpaired) electrons. The molecule has 0 aromatic heterocycles. The van der Waals surface area contributed by atoms with Gasteiger partial charge in [-0.2, -0.15) is 0 Å². The maximum atomic E-state index is 14.0. The Morgan fingerprint density at radius 3 is 2.32 bits per heavy atom. The first-order chi connectivity index (χ1) is 16.2. The van der Waals surface area contributed by atoms with E-state index in [0.29, 0.717) is 4.90 Å². The fraction of sp³-hybridized carbons (Fsp3) is 0.190. The van der Waals surface area contributed by atoms with Crippen molar-refractivity contribution in [2.24, 2.45) is 0 Å². The van der Waals surface area contributed by atoms with E-state index in [0.717, 1.165) is 60.7 Å². The lowest BCUT2D eigenvalue weighted by molar-refractivity contribution is -0.384. The molecule has 0 fully saturated rings. The van der Waals surface area contributed by atoms with E-state index in [1.54, 1.807) is 0 Å². The van der Waals surface area contributed by atoms with Crippen LogP contribution in [-0.4, -0.2) is 53.8 Å². The third-order valence-corrected chi connectivity index (χ3v) is 4.70. The SMILES string of the molecule is COCN1C=C(C(=O)OC)C(c2ccc(F)c(F)c2)N(C(=O)Oc2ccc([N+](=O)[O-])cc2)C1=O. The van der Waals surface area contributed by atoms with Gasteiger partial charge in [-0.1, -0.05) is 6.07 Å². The molecule has 0 N–H and O–H groups in total. The third kappa shape index (κ3) is 4.83. The summed E-state index contributed by atoms with van der Waals surface area (Å²) >= 11 is 0. The predicted molar refractivity (Wildman–Crippen MR) is 109 cm³/mol. The third-order valence-electron chi connectivity index (χ3n) is 4.70. The van der Waals surface area contributed by atoms with Crippen molar-refractivity contribution >= 4 is 23.8 Å². The summed E-state index contributed by atoms with van der Waals surface area (Å²) in [6, 6.07) is 4.43. The molecule has 0 spiro atoms. The second kappa shape index (κ2) is 10.0. The molecular weight excluding hydrogens is 460 g/mol. The van der Waals surface area contributed by atoms with Crippen LogP contribution in [0.5, 0.6) is 5.75 Å². The van der Waals surface area contributed by atoms with Crippen molar-refractivity contribution < 1.29 is 42.3 Å². The summed E-state index contributed by atoms with van der Waals surface area (Å²) in [5.74, 6) is -3.58. The number of nitro benzene ring substituents is 1. The number of nitrogens with zero attached hydrogens (tertiary/aromatic N) is 3. The Kier molecular flexibility index (Phi) is 7.16. The van der Waals surface area contributed by atoms with E-state index in [4.69, 9.17) is 14.2 Å². The number of methoxy groups -OCH3 is 2. The lowest BCUT2D eigenvalue weighted by atomic mass is 9.96. The van der Waals surface area contributed by atoms with E-state index < -0.39 is 40.7 Å². The number of carbonyl (C=O) groups excluding carboxylic acids is 3. The number of halogens is 2. The van der Waals surface area contributed by atoms with Gasteiger partial charge in [-0.25, -0.2) is 28.1 Å². The fourth-order valence-electron chi connectivity index (χ4n) is 3.18. The fourth-order valence-corrected chi connectivity index (χ4v) is 3.18. The molecule has 1 aliphatic heterocycles. The van der Waals surface area contributed by atoms with Gasteiger partial charge in [-0.15, -0.1) is 0 Å². The number of esters is 1. The number of hydrogen-bond acceptors (Lipinski definition) is 8. The molecule has 1 aliphatic rings. The zero-order valence-electron chi connectivity index (χ0n) is 17.8. The number of ether oxygens (including phenoxy) is 3. The topological polar surface area (TPSA) is 129 Å². The average Bonchev–Trinajstić information content (AvgIpc) is 2.81. The summed E-state index contributed by atoms with van der Waals surface area (Å²) in [5, 5.41) is 10.8. The van der Waals surface area contributed by atoms with E-state index in [1.807, 2.05) is 0 Å². The molecule has 0 bridgehead atoms. The molecule has 1 atom stereocenters. The molecule has 2 aromatic rings. The summed E-state index contributed by atoms with van der Waals surface area (Å²) in [7, 11) is 2.32. The number of benzene rings is 2. The molecule has 0 aliphatic carbocycles. The number of hydrogen-bond donors (Lipinski definition) is 0. The van der Waals surface area contributed by atoms with Crippen LogP contribution in [0.2, 0.25) is 0 Å². The minimum absolute atomic E-state index is 0.124. The summed E-state index contributed by atoms with van der Waals surface area (Å²) in [6.45, 7) is -0.370. The molecule has 3 rings (SSSR count). The Bertz CT molecular complexity index is 1170. The molecule has 1 heterocycles. The maximum absolute atomic E-state index is 14.0. The number of non-ortho nitro benzene ring substituents is 1. The van der Waals surface area contributed by atoms with Gasteiger partial charge < -0.3 is 14.2 Å². The van der Waals surface area contributed by atoms with Crippen molar-refractivity contribution in [3.8, 4) is 5.75 Å². The second-order valence-corrected chi connectivity index (χ2v) is 6.81. The monoisotopic (exact) mass is 477 g/mol. The smallest absolute Gasteiger partial charge is 0.424 e. The first-order valence-corrected chi connectivity index (χ1v) is 9.48. The zero-order valence-corrected chi connectivity index (χ0v) is 17.8. The van der Waals surface area contributed by atoms with Crippen molar-refractivity contribution in [3.05, 3.63) is 81.5 Å². The van der Waals surface area contributed by atoms with Gasteiger partial charge in [0.2, 0.25) is 0 Å². The van der Waals surface area contributed by atoms with Crippen molar-refractivity contribution in [1.82, 2.24) is 9.80 Å². The van der Waals surface area contributed by atoms with E-state index >= 15 is 0 Å². The van der Waals surface area contributed by atoms with Crippen LogP contribution < -0.4 is 4.74 Å². The predicted octanol–water partition coefficient (Wildman–Crippen LogP) is 3.51. The van der Waals surface area contributed by atoms with Crippen LogP contribution in [0.3, 0.4) is 0 Å². The van der Waals surface area contributed by atoms with Crippen LogP contribution in [0.1, 0.15) is 11.6 Å². The number of rotatable bonds is 6. The first kappa shape index (κ1) is 24.3. The van der Waals surface area contributed by atoms with Gasteiger partial charge in [-0.3, -0.25) is 15.0 Å². The highest BCUT2D eigenvalue weighted by atomic mass is 19.2. The highest BCUT2D eigenvalue weighted by Crippen LogP contribution is 2.36. The second-order valence-electron chi connectivity index (χ2n) is 6.81. The van der Waals surface area contributed by atoms with E-state index in [-0.39, 0.29) is 29.3 Å². The van der Waals surface area contributed by atoms with E-state index in [1.165, 1.54) is 7.11 Å². The van der Waals surface area contributed by atoms with Crippen LogP contribution in [0.25, 0.3) is 0 Å². The Balaban J connectivity index is 2.08. The van der Waals surface area contributed by atoms with Gasteiger partial charge in [-0.05, 0) is 29.8 Å². The van der Waals surface area contributed by atoms with Gasteiger partial charge in [0.25, 0.3) is 5.69 Å². The van der Waals surface area contributed by atoms with Gasteiger partial charge in [0.15, 0.2) is 11.6 Å². The van der Waals surface area contributed by atoms with Crippen LogP contribution in [0, 0.1) is 21.7 Å². The van der Waals surface area contributed by atoms with Crippen molar-refractivity contribution in [3.63, 3.8) is 0 Å². The normalized spacial score (nSPS) is 15.6. The minimum Gasteiger partial charge on any atom is -0.466 e. The molecule has 0 saturated carbocycles. The lowest BCUT2D eigenvalue weighted by Gasteiger charge is -2.37. The molecule has 0 saturated heterocycles. The van der Waals surface area contributed by atoms with Gasteiger partial charge in [0, 0.05) is 25.4 Å². The van der Waals surface area contributed by atoms with Crippen LogP contribution in [0.15, 0.2) is 54.2 Å². The Hall–Kier alpha value is -4.39. The summed E-state index contributed by atoms with van der Waals surface area (Å²) in [5.41, 5.74) is -0.664. The number of nitro groups is 1. The molecule has 1 unspecified atom stereocenters. The Labute approximate surface area is 190 Å². The zero-order chi connectivity index (χ0) is 25.0. The highest BCUT2D eigenvalue weighted by Gasteiger charge is 2.44. The first-order valence-electron chi connectivity index (χ1n) is 9.48. The molecule has 13 heteroatoms. The highest BCUT2D eigenvalue weighted by molar-refractivity contribution is 5.99. The number of urea groups is 1. The Morgan fingerprint density at radius 2 is 1.76 bits per heavy atom. The molecule has 2 aromatic carbocycles. The number of imide groups is 1. The lowest BCUT2D eigenvalue weighted by Crippen LogP contribution is -2.52. The van der Waals surface area contributed by atoms with Crippen molar-refractivity contribution in [1.29, 1.82) is 0 Å². The Morgan fingerprint density at radius 1 is 1.09 bits per heavy atom. The van der Waals surface area contributed by atoms with Crippen molar-refractivity contribution in [2.45, 2.75) is 6.04 Å².